The van der Waals surface area contributed by atoms with E-state index in [2.05, 4.69) is 10.2 Å². The summed E-state index contributed by atoms with van der Waals surface area (Å²) in [5.74, 6) is 0.0202. The van der Waals surface area contributed by atoms with Gasteiger partial charge in [-0.05, 0) is 6.92 Å². The van der Waals surface area contributed by atoms with Crippen LogP contribution in [0.3, 0.4) is 0 Å². The highest BCUT2D eigenvalue weighted by Gasteiger charge is 2.10. The number of morpholine rings is 1. The van der Waals surface area contributed by atoms with Crippen molar-refractivity contribution in [3.05, 3.63) is 0 Å². The molecule has 1 N–H and O–H groups in total. The van der Waals surface area contributed by atoms with Gasteiger partial charge in [-0.25, -0.2) is 0 Å². The largest absolute Gasteiger partial charge is 0.379 e. The maximum absolute atomic E-state index is 11.3. The minimum atomic E-state index is -0.0385. The van der Waals surface area contributed by atoms with Crippen LogP contribution in [0.2, 0.25) is 0 Å². The van der Waals surface area contributed by atoms with Gasteiger partial charge in [-0.1, -0.05) is 13.8 Å². The molecule has 5 heteroatoms. The molecular formula is C13H26N2O3. The molecule has 1 heterocycles. The minimum Gasteiger partial charge on any atom is -0.379 e. The summed E-state index contributed by atoms with van der Waals surface area (Å²) in [5, 5.41) is 2.81. The molecule has 1 rings (SSSR count). The highest BCUT2D eigenvalue weighted by atomic mass is 16.5. The summed E-state index contributed by atoms with van der Waals surface area (Å²) in [6, 6.07) is 0. The Hall–Kier alpha value is -0.940. The first-order valence-electron chi connectivity index (χ1n) is 6.74. The van der Waals surface area contributed by atoms with Gasteiger partial charge in [-0.3, -0.25) is 9.69 Å². The first-order chi connectivity index (χ1) is 8.68. The highest BCUT2D eigenvalue weighted by molar-refractivity contribution is 5.83. The fraction of sp³-hybridized carbons (Fsp3) is 0.846. The fourth-order valence-electron chi connectivity index (χ4n) is 1.56. The Morgan fingerprint density at radius 1 is 1.17 bits per heavy atom. The lowest BCUT2D eigenvalue weighted by atomic mass is 10.2. The third-order valence-corrected chi connectivity index (χ3v) is 2.56. The SMILES string of the molecule is CC.CC(=O)CCC(=O)NCCN1CCOCC1. The van der Waals surface area contributed by atoms with Crippen LogP contribution in [0.5, 0.6) is 0 Å². The molecule has 0 unspecified atom stereocenters. The maximum Gasteiger partial charge on any atom is 0.220 e. The third kappa shape index (κ3) is 9.13. The van der Waals surface area contributed by atoms with Gasteiger partial charge in [0, 0.05) is 39.0 Å². The molecular weight excluding hydrogens is 232 g/mol. The Bertz CT molecular complexity index is 238. The van der Waals surface area contributed by atoms with Crippen LogP contribution >= 0.6 is 0 Å². The number of ether oxygens (including phenoxy) is 1. The molecule has 1 aliphatic rings. The van der Waals surface area contributed by atoms with Crippen LogP contribution in [-0.2, 0) is 14.3 Å². The molecule has 1 amide bonds. The second-order valence-corrected chi connectivity index (χ2v) is 4.01. The molecule has 0 aromatic carbocycles. The van der Waals surface area contributed by atoms with E-state index in [0.717, 1.165) is 32.8 Å². The van der Waals surface area contributed by atoms with Crippen LogP contribution in [-0.4, -0.2) is 56.0 Å². The zero-order valence-corrected chi connectivity index (χ0v) is 11.8. The van der Waals surface area contributed by atoms with Crippen LogP contribution in [0.25, 0.3) is 0 Å². The summed E-state index contributed by atoms with van der Waals surface area (Å²) in [7, 11) is 0. The van der Waals surface area contributed by atoms with E-state index < -0.39 is 0 Å². The number of carbonyl (C=O) groups excluding carboxylic acids is 2. The van der Waals surface area contributed by atoms with Gasteiger partial charge in [0.2, 0.25) is 5.91 Å². The molecule has 1 fully saturated rings. The number of rotatable bonds is 6. The number of nitrogens with one attached hydrogen (secondary N) is 1. The standard InChI is InChI=1S/C11H20N2O3.C2H6/c1-10(14)2-3-11(15)12-4-5-13-6-8-16-9-7-13;1-2/h2-9H2,1H3,(H,12,15);1-2H3. The summed E-state index contributed by atoms with van der Waals surface area (Å²) in [4.78, 5) is 24.2. The molecule has 0 bridgehead atoms. The van der Waals surface area contributed by atoms with Gasteiger partial charge in [-0.15, -0.1) is 0 Å². The van der Waals surface area contributed by atoms with Gasteiger partial charge >= 0.3 is 0 Å². The quantitative estimate of drug-likeness (QED) is 0.766. The Kier molecular flexibility index (Phi) is 10.6. The van der Waals surface area contributed by atoms with E-state index in [0.29, 0.717) is 19.4 Å². The number of ketones is 1. The zero-order valence-electron chi connectivity index (χ0n) is 11.8. The number of hydrogen-bond donors (Lipinski definition) is 1. The van der Waals surface area contributed by atoms with E-state index in [4.69, 9.17) is 4.74 Å². The Morgan fingerprint density at radius 3 is 2.33 bits per heavy atom. The normalized spacial score (nSPS) is 15.5. The third-order valence-electron chi connectivity index (χ3n) is 2.56. The van der Waals surface area contributed by atoms with Gasteiger partial charge in [0.05, 0.1) is 13.2 Å². The molecule has 106 valence electrons. The van der Waals surface area contributed by atoms with E-state index in [-0.39, 0.29) is 11.7 Å². The fourth-order valence-corrected chi connectivity index (χ4v) is 1.56. The van der Waals surface area contributed by atoms with Crippen LogP contribution in [0.4, 0.5) is 0 Å². The lowest BCUT2D eigenvalue weighted by Crippen LogP contribution is -2.41. The number of carbonyl (C=O) groups is 2. The van der Waals surface area contributed by atoms with Gasteiger partial charge < -0.3 is 14.8 Å². The van der Waals surface area contributed by atoms with Crippen molar-refractivity contribution in [1.29, 1.82) is 0 Å². The topological polar surface area (TPSA) is 58.6 Å². The maximum atomic E-state index is 11.3. The Labute approximate surface area is 110 Å². The van der Waals surface area contributed by atoms with Crippen LogP contribution in [0.1, 0.15) is 33.6 Å². The molecule has 18 heavy (non-hydrogen) atoms. The molecule has 0 atom stereocenters. The highest BCUT2D eigenvalue weighted by Crippen LogP contribution is 1.95. The predicted molar refractivity (Wildman–Crippen MR) is 71.5 cm³/mol. The van der Waals surface area contributed by atoms with Gasteiger partial charge in [0.1, 0.15) is 5.78 Å². The monoisotopic (exact) mass is 258 g/mol. The van der Waals surface area contributed by atoms with Crippen LogP contribution < -0.4 is 5.32 Å². The van der Waals surface area contributed by atoms with Gasteiger partial charge in [0.15, 0.2) is 0 Å². The Balaban J connectivity index is 0.00000137. The van der Waals surface area contributed by atoms with Crippen molar-refractivity contribution in [2.24, 2.45) is 0 Å². The van der Waals surface area contributed by atoms with E-state index in [1.807, 2.05) is 13.8 Å². The summed E-state index contributed by atoms with van der Waals surface area (Å²) in [6.07, 6.45) is 0.641. The number of amides is 1. The second-order valence-electron chi connectivity index (χ2n) is 4.01. The molecule has 5 nitrogen and oxygen atoms in total. The molecule has 1 saturated heterocycles. The van der Waals surface area contributed by atoms with Crippen molar-refractivity contribution >= 4 is 11.7 Å². The van der Waals surface area contributed by atoms with Crippen molar-refractivity contribution in [2.45, 2.75) is 33.6 Å². The Morgan fingerprint density at radius 2 is 1.78 bits per heavy atom. The average molecular weight is 258 g/mol. The lowest BCUT2D eigenvalue weighted by molar-refractivity contribution is -0.124. The summed E-state index contributed by atoms with van der Waals surface area (Å²) in [6.45, 7) is 10.4. The van der Waals surface area contributed by atoms with E-state index in [1.54, 1.807) is 0 Å². The molecule has 0 saturated carbocycles. The molecule has 0 aromatic heterocycles. The second kappa shape index (κ2) is 11.2. The molecule has 0 aromatic rings. The summed E-state index contributed by atoms with van der Waals surface area (Å²) in [5.41, 5.74) is 0. The minimum absolute atomic E-state index is 0.0385. The van der Waals surface area contributed by atoms with E-state index in [9.17, 15) is 9.59 Å². The van der Waals surface area contributed by atoms with Gasteiger partial charge in [0.25, 0.3) is 0 Å². The molecule has 0 aliphatic carbocycles. The van der Waals surface area contributed by atoms with Crippen molar-refractivity contribution in [2.75, 3.05) is 39.4 Å². The van der Waals surface area contributed by atoms with Crippen LogP contribution in [0.15, 0.2) is 0 Å². The lowest BCUT2D eigenvalue weighted by Gasteiger charge is -2.26. The number of Topliss-reactive ketones (excluding diaryl/α,β-unsaturated/α-hetero) is 1. The smallest absolute Gasteiger partial charge is 0.220 e. The number of hydrogen-bond acceptors (Lipinski definition) is 4. The van der Waals surface area contributed by atoms with E-state index >= 15 is 0 Å². The first kappa shape index (κ1) is 17.1. The average Bonchev–Trinajstić information content (AvgIpc) is 2.40. The van der Waals surface area contributed by atoms with Gasteiger partial charge in [-0.2, -0.15) is 0 Å². The van der Waals surface area contributed by atoms with E-state index in [1.165, 1.54) is 6.92 Å². The first-order valence-corrected chi connectivity index (χ1v) is 6.74. The molecule has 0 spiro atoms. The summed E-state index contributed by atoms with van der Waals surface area (Å²) < 4.78 is 5.23. The predicted octanol–water partition coefficient (Wildman–Crippen LogP) is 0.830. The number of nitrogens with zero attached hydrogens (tertiary/aromatic N) is 1. The van der Waals surface area contributed by atoms with Crippen LogP contribution in [0, 0.1) is 0 Å². The van der Waals surface area contributed by atoms with Crippen molar-refractivity contribution in [3.63, 3.8) is 0 Å². The summed E-state index contributed by atoms with van der Waals surface area (Å²) >= 11 is 0. The van der Waals surface area contributed by atoms with Crippen molar-refractivity contribution in [3.8, 4) is 0 Å². The molecule has 1 aliphatic heterocycles. The zero-order chi connectivity index (χ0) is 13.8. The molecule has 0 radical (unpaired) electrons. The van der Waals surface area contributed by atoms with Crippen molar-refractivity contribution < 1.29 is 14.3 Å². The van der Waals surface area contributed by atoms with Crippen molar-refractivity contribution in [1.82, 2.24) is 10.2 Å².